The Morgan fingerprint density at radius 3 is 2.02 bits per heavy atom. The van der Waals surface area contributed by atoms with E-state index in [1.807, 2.05) is 23.2 Å². The van der Waals surface area contributed by atoms with Gasteiger partial charge in [0.1, 0.15) is 0 Å². The van der Waals surface area contributed by atoms with Crippen LogP contribution < -0.4 is 4.90 Å². The van der Waals surface area contributed by atoms with Crippen LogP contribution in [0.5, 0.6) is 0 Å². The number of carbonyl (C=O) groups excluding carboxylic acids is 1. The number of fused-ring (bicyclic) bond motifs is 2. The molecule has 1 atom stereocenters. The monoisotopic (exact) mass is 587 g/mol. The van der Waals surface area contributed by atoms with Crippen LogP contribution in [0.25, 0.3) is 0 Å². The molecule has 1 aromatic carbocycles. The first-order valence-electron chi connectivity index (χ1n) is 11.8. The van der Waals surface area contributed by atoms with E-state index in [9.17, 15) is 31.1 Å². The number of benzene rings is 1. The summed E-state index contributed by atoms with van der Waals surface area (Å²) in [4.78, 5) is 39.6. The molecule has 3 aromatic rings. The largest absolute Gasteiger partial charge is 0.490 e. The van der Waals surface area contributed by atoms with Crippen LogP contribution in [0.15, 0.2) is 71.5 Å². The zero-order chi connectivity index (χ0) is 30.4. The molecule has 2 aliphatic heterocycles. The lowest BCUT2D eigenvalue weighted by Gasteiger charge is -2.25. The van der Waals surface area contributed by atoms with Gasteiger partial charge in [-0.2, -0.15) is 26.3 Å². The third-order valence-electron chi connectivity index (χ3n) is 6.20. The minimum atomic E-state index is -5.08. The standard InChI is InChI=1S/C22H21N3O2.2C2HF3O2/c26-21(19-9-5-13-27-19)24-12-10-22(15-24)16-25(14-17-6-2-1-3-7-17)18-8-4-11-23-20(18)22;2*3-2(4,5)1(6)7/h1-9,11,13H,10,12,14-16H2;2*(H,6,7). The van der Waals surface area contributed by atoms with Gasteiger partial charge in [0.25, 0.3) is 5.91 Å². The van der Waals surface area contributed by atoms with Gasteiger partial charge in [0.15, 0.2) is 5.76 Å². The number of furan rings is 1. The maximum atomic E-state index is 12.7. The number of nitrogens with zero attached hydrogens (tertiary/aromatic N) is 3. The average molecular weight is 587 g/mol. The molecule has 0 bridgehead atoms. The summed E-state index contributed by atoms with van der Waals surface area (Å²) in [5, 5.41) is 14.2. The number of carbonyl (C=O) groups is 3. The number of aliphatic carboxylic acids is 2. The summed E-state index contributed by atoms with van der Waals surface area (Å²) in [6, 6.07) is 18.1. The molecule has 4 heterocycles. The quantitative estimate of drug-likeness (QED) is 0.421. The molecule has 0 aliphatic carbocycles. The molecule has 9 nitrogen and oxygen atoms in total. The SMILES string of the molecule is O=C(O)C(F)(F)F.O=C(O)C(F)(F)F.O=C(c1ccco1)N1CCC2(C1)CN(Cc1ccccc1)c1cccnc12. The number of hydrogen-bond acceptors (Lipinski definition) is 6. The van der Waals surface area contributed by atoms with Crippen molar-refractivity contribution < 1.29 is 55.4 Å². The summed E-state index contributed by atoms with van der Waals surface area (Å²) in [6.45, 7) is 3.15. The number of halogens is 6. The maximum Gasteiger partial charge on any atom is 0.490 e. The molecule has 15 heteroatoms. The van der Waals surface area contributed by atoms with Gasteiger partial charge in [0.2, 0.25) is 0 Å². The lowest BCUT2D eigenvalue weighted by molar-refractivity contribution is -0.193. The van der Waals surface area contributed by atoms with Crippen LogP contribution in [0.1, 0.15) is 28.2 Å². The predicted molar refractivity (Wildman–Crippen MR) is 130 cm³/mol. The topological polar surface area (TPSA) is 124 Å². The van der Waals surface area contributed by atoms with E-state index in [1.165, 1.54) is 11.3 Å². The molecular formula is C26H23F6N3O6. The van der Waals surface area contributed by atoms with Gasteiger partial charge >= 0.3 is 24.3 Å². The lowest BCUT2D eigenvalue weighted by Crippen LogP contribution is -2.38. The Morgan fingerprint density at radius 2 is 1.49 bits per heavy atom. The van der Waals surface area contributed by atoms with Crippen molar-refractivity contribution in [3.8, 4) is 0 Å². The summed E-state index contributed by atoms with van der Waals surface area (Å²) in [6.07, 6.45) is -5.83. The van der Waals surface area contributed by atoms with Gasteiger partial charge in [0.05, 0.1) is 23.1 Å². The van der Waals surface area contributed by atoms with Crippen molar-refractivity contribution in [3.63, 3.8) is 0 Å². The number of carboxylic acid groups (broad SMARTS) is 2. The first-order chi connectivity index (χ1) is 19.1. The van der Waals surface area contributed by atoms with E-state index in [-0.39, 0.29) is 11.3 Å². The van der Waals surface area contributed by atoms with E-state index < -0.39 is 24.3 Å². The Balaban J connectivity index is 0.000000276. The molecule has 1 saturated heterocycles. The smallest absolute Gasteiger partial charge is 0.475 e. The Morgan fingerprint density at radius 1 is 0.878 bits per heavy atom. The zero-order valence-electron chi connectivity index (χ0n) is 21.0. The molecule has 220 valence electrons. The molecular weight excluding hydrogens is 564 g/mol. The van der Waals surface area contributed by atoms with Gasteiger partial charge in [0, 0.05) is 32.4 Å². The average Bonchev–Trinajstić information content (AvgIpc) is 3.65. The number of pyridine rings is 1. The molecule has 2 N–H and O–H groups in total. The zero-order valence-corrected chi connectivity index (χ0v) is 21.0. The van der Waals surface area contributed by atoms with Crippen LogP contribution >= 0.6 is 0 Å². The molecule has 2 aliphatic rings. The summed E-state index contributed by atoms with van der Waals surface area (Å²) < 4.78 is 68.8. The summed E-state index contributed by atoms with van der Waals surface area (Å²) in [5.41, 5.74) is 3.49. The minimum Gasteiger partial charge on any atom is -0.475 e. The van der Waals surface area contributed by atoms with Crippen LogP contribution in [0.2, 0.25) is 0 Å². The number of anilines is 1. The number of aromatic nitrogens is 1. The van der Waals surface area contributed by atoms with E-state index in [1.54, 1.807) is 18.4 Å². The first kappa shape index (κ1) is 31.0. The van der Waals surface area contributed by atoms with Crippen LogP contribution in [-0.4, -0.2) is 69.9 Å². The van der Waals surface area contributed by atoms with Crippen molar-refractivity contribution in [2.24, 2.45) is 0 Å². The normalized spacial score (nSPS) is 17.7. The predicted octanol–water partition coefficient (Wildman–Crippen LogP) is 4.75. The molecule has 2 aromatic heterocycles. The number of amides is 1. The molecule has 0 radical (unpaired) electrons. The van der Waals surface area contributed by atoms with Crippen molar-refractivity contribution in [1.29, 1.82) is 0 Å². The second-order valence-electron chi connectivity index (χ2n) is 9.05. The third kappa shape index (κ3) is 7.77. The maximum absolute atomic E-state index is 12.7. The van der Waals surface area contributed by atoms with Gasteiger partial charge in [-0.15, -0.1) is 0 Å². The van der Waals surface area contributed by atoms with E-state index in [0.29, 0.717) is 12.3 Å². The van der Waals surface area contributed by atoms with Crippen molar-refractivity contribution in [2.75, 3.05) is 24.5 Å². The van der Waals surface area contributed by atoms with Crippen molar-refractivity contribution in [1.82, 2.24) is 9.88 Å². The van der Waals surface area contributed by atoms with E-state index in [4.69, 9.17) is 29.2 Å². The van der Waals surface area contributed by atoms with Crippen molar-refractivity contribution in [2.45, 2.75) is 30.7 Å². The summed E-state index contributed by atoms with van der Waals surface area (Å²) >= 11 is 0. The molecule has 1 amide bonds. The van der Waals surface area contributed by atoms with E-state index in [0.717, 1.165) is 31.7 Å². The van der Waals surface area contributed by atoms with Crippen molar-refractivity contribution in [3.05, 3.63) is 84.1 Å². The second kappa shape index (κ2) is 12.3. The Bertz CT molecular complexity index is 1320. The summed E-state index contributed by atoms with van der Waals surface area (Å²) in [5.74, 6) is -5.14. The highest BCUT2D eigenvalue weighted by Crippen LogP contribution is 2.45. The second-order valence-corrected chi connectivity index (χ2v) is 9.05. The number of rotatable bonds is 3. The highest BCUT2D eigenvalue weighted by molar-refractivity contribution is 5.92. The van der Waals surface area contributed by atoms with Gasteiger partial charge in [-0.05, 0) is 36.2 Å². The van der Waals surface area contributed by atoms with Crippen LogP contribution in [-0.2, 0) is 21.5 Å². The number of likely N-dealkylation sites (tertiary alicyclic amines) is 1. The van der Waals surface area contributed by atoms with Gasteiger partial charge in [-0.3, -0.25) is 9.78 Å². The highest BCUT2D eigenvalue weighted by Gasteiger charge is 2.49. The van der Waals surface area contributed by atoms with Gasteiger partial charge in [-0.25, -0.2) is 9.59 Å². The number of hydrogen-bond donors (Lipinski definition) is 2. The Kier molecular flexibility index (Phi) is 9.30. The minimum absolute atomic E-state index is 0.0316. The Labute approximate surface area is 228 Å². The fourth-order valence-corrected chi connectivity index (χ4v) is 4.46. The number of carboxylic acids is 2. The highest BCUT2D eigenvalue weighted by atomic mass is 19.4. The van der Waals surface area contributed by atoms with E-state index in [2.05, 4.69) is 35.2 Å². The Hall–Kier alpha value is -4.56. The molecule has 1 fully saturated rings. The lowest BCUT2D eigenvalue weighted by atomic mass is 9.85. The first-order valence-corrected chi connectivity index (χ1v) is 11.8. The fourth-order valence-electron chi connectivity index (χ4n) is 4.46. The van der Waals surface area contributed by atoms with E-state index >= 15 is 0 Å². The molecule has 5 rings (SSSR count). The molecule has 1 unspecified atom stereocenters. The van der Waals surface area contributed by atoms with Crippen LogP contribution in [0, 0.1) is 0 Å². The van der Waals surface area contributed by atoms with Crippen LogP contribution in [0.3, 0.4) is 0 Å². The molecule has 1 spiro atoms. The van der Waals surface area contributed by atoms with Crippen LogP contribution in [0.4, 0.5) is 32.0 Å². The van der Waals surface area contributed by atoms with Gasteiger partial charge < -0.3 is 24.4 Å². The number of alkyl halides is 6. The molecule has 41 heavy (non-hydrogen) atoms. The fraction of sp³-hybridized carbons (Fsp3) is 0.308. The molecule has 0 saturated carbocycles. The summed E-state index contributed by atoms with van der Waals surface area (Å²) in [7, 11) is 0. The van der Waals surface area contributed by atoms with Crippen molar-refractivity contribution >= 4 is 23.5 Å². The third-order valence-corrected chi connectivity index (χ3v) is 6.20. The van der Waals surface area contributed by atoms with Gasteiger partial charge in [-0.1, -0.05) is 30.3 Å².